The lowest BCUT2D eigenvalue weighted by molar-refractivity contribution is 0.548. The Morgan fingerprint density at radius 1 is 1.37 bits per heavy atom. The fraction of sp³-hybridized carbons (Fsp3) is 0.438. The Labute approximate surface area is 114 Å². The van der Waals surface area contributed by atoms with Gasteiger partial charge in [-0.1, -0.05) is 38.1 Å². The van der Waals surface area contributed by atoms with E-state index in [2.05, 4.69) is 53.4 Å². The molecule has 1 aromatic heterocycles. The summed E-state index contributed by atoms with van der Waals surface area (Å²) in [7, 11) is 0. The van der Waals surface area contributed by atoms with Gasteiger partial charge in [0.15, 0.2) is 0 Å². The van der Waals surface area contributed by atoms with Crippen LogP contribution in [0, 0.1) is 5.92 Å². The summed E-state index contributed by atoms with van der Waals surface area (Å²) >= 11 is 0. The van der Waals surface area contributed by atoms with E-state index in [1.165, 1.54) is 16.8 Å². The first-order valence-corrected chi connectivity index (χ1v) is 7.06. The van der Waals surface area contributed by atoms with Crippen LogP contribution < -0.4 is 5.32 Å². The maximum Gasteiger partial charge on any atom is 0.114 e. The molecule has 0 saturated carbocycles. The van der Waals surface area contributed by atoms with E-state index < -0.39 is 0 Å². The van der Waals surface area contributed by atoms with Crippen LogP contribution in [-0.2, 0) is 13.0 Å². The molecule has 2 aromatic rings. The van der Waals surface area contributed by atoms with Crippen molar-refractivity contribution in [3.63, 3.8) is 0 Å². The van der Waals surface area contributed by atoms with Crippen LogP contribution in [0.25, 0.3) is 0 Å². The molecule has 3 rings (SSSR count). The lowest BCUT2D eigenvalue weighted by Gasteiger charge is -2.28. The molecule has 0 aliphatic heterocycles. The van der Waals surface area contributed by atoms with E-state index in [4.69, 9.17) is 0 Å². The van der Waals surface area contributed by atoms with Gasteiger partial charge in [-0.2, -0.15) is 0 Å². The molecule has 0 radical (unpaired) electrons. The lowest BCUT2D eigenvalue weighted by Crippen LogP contribution is -2.20. The van der Waals surface area contributed by atoms with Crippen molar-refractivity contribution < 1.29 is 0 Å². The van der Waals surface area contributed by atoms with Crippen molar-refractivity contribution in [3.05, 3.63) is 53.1 Å². The minimum Gasteiger partial charge on any atom is -0.344 e. The van der Waals surface area contributed by atoms with Gasteiger partial charge in [-0.15, -0.1) is 0 Å². The summed E-state index contributed by atoms with van der Waals surface area (Å²) < 4.78 is 0. The summed E-state index contributed by atoms with van der Waals surface area (Å²) in [6.45, 7) is 6.35. The molecule has 0 spiro atoms. The summed E-state index contributed by atoms with van der Waals surface area (Å²) in [6.07, 6.45) is 3.08. The first kappa shape index (κ1) is 12.4. The Bertz CT molecular complexity index is 557. The average Bonchev–Trinajstić information content (AvgIpc) is 2.79. The number of hydrogen-bond acceptors (Lipinski definition) is 2. The van der Waals surface area contributed by atoms with Crippen LogP contribution in [0.3, 0.4) is 0 Å². The van der Waals surface area contributed by atoms with Crippen LogP contribution >= 0.6 is 0 Å². The number of aromatic nitrogens is 2. The number of fused-ring (bicyclic) bond motifs is 1. The quantitative estimate of drug-likeness (QED) is 0.862. The molecule has 3 nitrogen and oxygen atoms in total. The molecule has 100 valence electrons. The highest BCUT2D eigenvalue weighted by Gasteiger charge is 2.28. The number of imidazole rings is 1. The fourth-order valence-corrected chi connectivity index (χ4v) is 2.64. The molecule has 0 fully saturated rings. The third-order valence-corrected chi connectivity index (χ3v) is 3.70. The SMILES string of the molecule is CC(C)CNCc1cnc(C2Cc3ccccc32)[nH]1. The van der Waals surface area contributed by atoms with E-state index in [0.29, 0.717) is 11.8 Å². The van der Waals surface area contributed by atoms with Gasteiger partial charge in [0.05, 0.1) is 0 Å². The molecule has 2 N–H and O–H groups in total. The normalized spacial score (nSPS) is 17.3. The molecule has 1 heterocycles. The first-order valence-electron chi connectivity index (χ1n) is 7.06. The summed E-state index contributed by atoms with van der Waals surface area (Å²) in [4.78, 5) is 8.00. The number of nitrogens with zero attached hydrogens (tertiary/aromatic N) is 1. The smallest absolute Gasteiger partial charge is 0.114 e. The van der Waals surface area contributed by atoms with Gasteiger partial charge in [0, 0.05) is 24.4 Å². The fourth-order valence-electron chi connectivity index (χ4n) is 2.64. The molecule has 0 saturated heterocycles. The number of H-pyrrole nitrogens is 1. The van der Waals surface area contributed by atoms with E-state index in [9.17, 15) is 0 Å². The molecular formula is C16H21N3. The van der Waals surface area contributed by atoms with Crippen molar-refractivity contribution >= 4 is 0 Å². The molecular weight excluding hydrogens is 234 g/mol. The molecule has 1 unspecified atom stereocenters. The number of rotatable bonds is 5. The van der Waals surface area contributed by atoms with Crippen molar-refractivity contribution in [2.75, 3.05) is 6.54 Å². The minimum absolute atomic E-state index is 0.468. The zero-order chi connectivity index (χ0) is 13.2. The highest BCUT2D eigenvalue weighted by Crippen LogP contribution is 2.38. The third-order valence-electron chi connectivity index (χ3n) is 3.70. The van der Waals surface area contributed by atoms with E-state index in [1.54, 1.807) is 0 Å². The number of benzene rings is 1. The van der Waals surface area contributed by atoms with Gasteiger partial charge in [-0.3, -0.25) is 0 Å². The van der Waals surface area contributed by atoms with Crippen molar-refractivity contribution in [2.24, 2.45) is 5.92 Å². The van der Waals surface area contributed by atoms with Gasteiger partial charge in [0.25, 0.3) is 0 Å². The molecule has 0 bridgehead atoms. The maximum atomic E-state index is 4.54. The second-order valence-corrected chi connectivity index (χ2v) is 5.77. The van der Waals surface area contributed by atoms with Crippen LogP contribution in [-0.4, -0.2) is 16.5 Å². The zero-order valence-corrected chi connectivity index (χ0v) is 11.6. The highest BCUT2D eigenvalue weighted by atomic mass is 15.0. The van der Waals surface area contributed by atoms with Crippen molar-refractivity contribution in [1.82, 2.24) is 15.3 Å². The van der Waals surface area contributed by atoms with E-state index in [1.807, 2.05) is 6.20 Å². The lowest BCUT2D eigenvalue weighted by atomic mass is 9.77. The highest BCUT2D eigenvalue weighted by molar-refractivity contribution is 5.44. The minimum atomic E-state index is 0.468. The Kier molecular flexibility index (Phi) is 3.38. The standard InChI is InChI=1S/C16H21N3/c1-11(2)8-17-9-13-10-18-16(19-13)15-7-12-5-3-4-6-14(12)15/h3-6,10-11,15,17H,7-9H2,1-2H3,(H,18,19). The predicted molar refractivity (Wildman–Crippen MR) is 77.1 cm³/mol. The second kappa shape index (κ2) is 5.17. The molecule has 1 atom stereocenters. The van der Waals surface area contributed by atoms with E-state index >= 15 is 0 Å². The molecule has 1 aliphatic carbocycles. The maximum absolute atomic E-state index is 4.54. The van der Waals surface area contributed by atoms with Crippen LogP contribution in [0.15, 0.2) is 30.5 Å². The summed E-state index contributed by atoms with van der Waals surface area (Å²) in [6, 6.07) is 8.64. The molecule has 3 heteroatoms. The molecule has 1 aliphatic rings. The molecule has 19 heavy (non-hydrogen) atoms. The van der Waals surface area contributed by atoms with Crippen LogP contribution in [0.1, 0.15) is 42.4 Å². The van der Waals surface area contributed by atoms with Crippen LogP contribution in [0.5, 0.6) is 0 Å². The van der Waals surface area contributed by atoms with Gasteiger partial charge < -0.3 is 10.3 Å². The van der Waals surface area contributed by atoms with Crippen molar-refractivity contribution in [1.29, 1.82) is 0 Å². The van der Waals surface area contributed by atoms with Gasteiger partial charge in [-0.05, 0) is 30.0 Å². The van der Waals surface area contributed by atoms with E-state index in [0.717, 1.165) is 25.3 Å². The summed E-state index contributed by atoms with van der Waals surface area (Å²) in [5, 5.41) is 3.44. The Hall–Kier alpha value is -1.61. The Balaban J connectivity index is 1.63. The van der Waals surface area contributed by atoms with Crippen LogP contribution in [0.4, 0.5) is 0 Å². The Morgan fingerprint density at radius 3 is 3.00 bits per heavy atom. The average molecular weight is 255 g/mol. The van der Waals surface area contributed by atoms with Crippen molar-refractivity contribution in [3.8, 4) is 0 Å². The van der Waals surface area contributed by atoms with Gasteiger partial charge in [0.2, 0.25) is 0 Å². The largest absolute Gasteiger partial charge is 0.344 e. The Morgan fingerprint density at radius 2 is 2.21 bits per heavy atom. The third kappa shape index (κ3) is 2.56. The number of nitrogens with one attached hydrogen (secondary N) is 2. The second-order valence-electron chi connectivity index (χ2n) is 5.77. The molecule has 0 amide bonds. The predicted octanol–water partition coefficient (Wildman–Crippen LogP) is 2.84. The van der Waals surface area contributed by atoms with Crippen LogP contribution in [0.2, 0.25) is 0 Å². The van der Waals surface area contributed by atoms with Gasteiger partial charge >= 0.3 is 0 Å². The van der Waals surface area contributed by atoms with Crippen molar-refractivity contribution in [2.45, 2.75) is 32.7 Å². The number of hydrogen-bond donors (Lipinski definition) is 2. The van der Waals surface area contributed by atoms with E-state index in [-0.39, 0.29) is 0 Å². The molecule has 1 aromatic carbocycles. The summed E-state index contributed by atoms with van der Waals surface area (Å²) in [5.41, 5.74) is 4.07. The van der Waals surface area contributed by atoms with Gasteiger partial charge in [-0.25, -0.2) is 4.98 Å². The van der Waals surface area contributed by atoms with Gasteiger partial charge in [0.1, 0.15) is 5.82 Å². The summed E-state index contributed by atoms with van der Waals surface area (Å²) in [5.74, 6) is 2.26. The first-order chi connectivity index (χ1) is 9.24. The zero-order valence-electron chi connectivity index (χ0n) is 11.6. The number of aromatic amines is 1. The topological polar surface area (TPSA) is 40.7 Å². The monoisotopic (exact) mass is 255 g/mol.